The summed E-state index contributed by atoms with van der Waals surface area (Å²) in [5, 5.41) is 22.8. The van der Waals surface area contributed by atoms with Crippen LogP contribution in [0.5, 0.6) is 17.2 Å². The number of rotatable bonds is 4. The summed E-state index contributed by atoms with van der Waals surface area (Å²) >= 11 is 0. The Morgan fingerprint density at radius 2 is 2.05 bits per heavy atom. The second kappa shape index (κ2) is 5.91. The monoisotopic (exact) mass is 288 g/mol. The van der Waals surface area contributed by atoms with Crippen molar-refractivity contribution in [1.29, 1.82) is 0 Å². The molecule has 0 aliphatic heterocycles. The Hall–Kier alpha value is -3.09. The second-order valence-electron chi connectivity index (χ2n) is 4.12. The minimum atomic E-state index is -0.605. The molecule has 0 saturated heterocycles. The average Bonchev–Trinajstić information content (AvgIpc) is 2.46. The molecular weight excluding hydrogens is 276 g/mol. The minimum Gasteiger partial charge on any atom is -0.508 e. The van der Waals surface area contributed by atoms with E-state index in [1.165, 1.54) is 43.4 Å². The number of ether oxygens (including phenoxy) is 1. The molecule has 0 bridgehead atoms. The van der Waals surface area contributed by atoms with Crippen molar-refractivity contribution in [2.24, 2.45) is 0 Å². The molecule has 0 aromatic heterocycles. The van der Waals surface area contributed by atoms with Crippen LogP contribution in [0.2, 0.25) is 0 Å². The second-order valence-corrected chi connectivity index (χ2v) is 4.12. The van der Waals surface area contributed by atoms with E-state index in [-0.39, 0.29) is 34.4 Å². The van der Waals surface area contributed by atoms with Gasteiger partial charge in [0.2, 0.25) is 5.75 Å². The first-order valence-corrected chi connectivity index (χ1v) is 5.98. The molecule has 0 radical (unpaired) electrons. The predicted molar refractivity (Wildman–Crippen MR) is 74.7 cm³/mol. The van der Waals surface area contributed by atoms with E-state index in [1.54, 1.807) is 6.07 Å². The first-order valence-electron chi connectivity index (χ1n) is 5.98. The van der Waals surface area contributed by atoms with Crippen LogP contribution in [0.25, 0.3) is 0 Å². The Bertz CT molecular complexity index is 700. The number of carbonyl (C=O) groups excluding carboxylic acids is 1. The Morgan fingerprint density at radius 1 is 1.29 bits per heavy atom. The molecule has 2 aromatic rings. The van der Waals surface area contributed by atoms with Crippen molar-refractivity contribution in [1.82, 2.24) is 5.32 Å². The molecule has 0 saturated carbocycles. The molecule has 7 nitrogen and oxygen atoms in total. The van der Waals surface area contributed by atoms with Crippen molar-refractivity contribution in [3.05, 3.63) is 58.1 Å². The largest absolute Gasteiger partial charge is 0.508 e. The Morgan fingerprint density at radius 3 is 2.67 bits per heavy atom. The zero-order chi connectivity index (χ0) is 15.4. The average molecular weight is 288 g/mol. The summed E-state index contributed by atoms with van der Waals surface area (Å²) in [5.41, 5.74) is -0.0377. The van der Waals surface area contributed by atoms with Gasteiger partial charge in [0, 0.05) is 30.8 Å². The van der Waals surface area contributed by atoms with Gasteiger partial charge in [-0.2, -0.15) is 0 Å². The molecule has 0 aliphatic rings. The van der Waals surface area contributed by atoms with Crippen LogP contribution in [-0.4, -0.2) is 23.0 Å². The lowest BCUT2D eigenvalue weighted by atomic mass is 10.1. The third-order valence-corrected chi connectivity index (χ3v) is 2.69. The summed E-state index contributed by atoms with van der Waals surface area (Å²) in [6.45, 7) is 0. The lowest BCUT2D eigenvalue weighted by molar-refractivity contribution is -0.385. The smallest absolute Gasteiger partial charge is 0.311 e. The third kappa shape index (κ3) is 3.27. The number of nitrogens with zero attached hydrogens (tertiary/aromatic N) is 1. The zero-order valence-corrected chi connectivity index (χ0v) is 11.1. The van der Waals surface area contributed by atoms with Crippen LogP contribution in [0.1, 0.15) is 10.4 Å². The maximum absolute atomic E-state index is 11.6. The summed E-state index contributed by atoms with van der Waals surface area (Å²) in [7, 11) is 1.46. The van der Waals surface area contributed by atoms with E-state index >= 15 is 0 Å². The third-order valence-electron chi connectivity index (χ3n) is 2.69. The number of aromatic hydroxyl groups is 1. The lowest BCUT2D eigenvalue weighted by Gasteiger charge is -2.08. The number of nitro groups is 1. The number of carbonyl (C=O) groups is 1. The van der Waals surface area contributed by atoms with Crippen molar-refractivity contribution in [2.45, 2.75) is 0 Å². The van der Waals surface area contributed by atoms with Gasteiger partial charge in [-0.05, 0) is 18.2 Å². The summed E-state index contributed by atoms with van der Waals surface area (Å²) in [5.74, 6) is -0.262. The van der Waals surface area contributed by atoms with Gasteiger partial charge in [0.1, 0.15) is 11.5 Å². The van der Waals surface area contributed by atoms with Crippen LogP contribution in [-0.2, 0) is 0 Å². The molecule has 2 aromatic carbocycles. The minimum absolute atomic E-state index is 0.0300. The van der Waals surface area contributed by atoms with E-state index in [4.69, 9.17) is 4.74 Å². The van der Waals surface area contributed by atoms with E-state index in [9.17, 15) is 20.0 Å². The van der Waals surface area contributed by atoms with Gasteiger partial charge in [0.15, 0.2) is 0 Å². The van der Waals surface area contributed by atoms with Crippen molar-refractivity contribution >= 4 is 11.6 Å². The van der Waals surface area contributed by atoms with Crippen LogP contribution < -0.4 is 10.1 Å². The van der Waals surface area contributed by atoms with E-state index in [0.29, 0.717) is 0 Å². The van der Waals surface area contributed by atoms with Crippen LogP contribution >= 0.6 is 0 Å². The molecule has 1 amide bonds. The van der Waals surface area contributed by atoms with Crippen LogP contribution in [0.4, 0.5) is 5.69 Å². The molecule has 0 aliphatic carbocycles. The number of phenolic OH excluding ortho intramolecular Hbond substituents is 1. The van der Waals surface area contributed by atoms with Gasteiger partial charge in [0.05, 0.1) is 4.92 Å². The molecule has 2 N–H and O–H groups in total. The molecule has 0 spiro atoms. The van der Waals surface area contributed by atoms with Crippen LogP contribution in [0.3, 0.4) is 0 Å². The van der Waals surface area contributed by atoms with Gasteiger partial charge >= 0.3 is 5.69 Å². The van der Waals surface area contributed by atoms with Crippen molar-refractivity contribution in [3.63, 3.8) is 0 Å². The molecule has 0 unspecified atom stereocenters. The fourth-order valence-electron chi connectivity index (χ4n) is 1.71. The van der Waals surface area contributed by atoms with Gasteiger partial charge in [-0.3, -0.25) is 14.9 Å². The van der Waals surface area contributed by atoms with Crippen LogP contribution in [0, 0.1) is 10.1 Å². The summed E-state index contributed by atoms with van der Waals surface area (Å²) in [6, 6.07) is 9.66. The van der Waals surface area contributed by atoms with E-state index in [2.05, 4.69) is 5.32 Å². The van der Waals surface area contributed by atoms with Gasteiger partial charge in [-0.15, -0.1) is 0 Å². The predicted octanol–water partition coefficient (Wildman–Crippen LogP) is 2.45. The normalized spacial score (nSPS) is 9.95. The van der Waals surface area contributed by atoms with E-state index < -0.39 is 4.92 Å². The summed E-state index contributed by atoms with van der Waals surface area (Å²) in [6.07, 6.45) is 0. The molecule has 7 heteroatoms. The topological polar surface area (TPSA) is 102 Å². The lowest BCUT2D eigenvalue weighted by Crippen LogP contribution is -2.17. The Kier molecular flexibility index (Phi) is 4.03. The molecule has 21 heavy (non-hydrogen) atoms. The van der Waals surface area contributed by atoms with E-state index in [0.717, 1.165) is 0 Å². The number of nitro benzene ring substituents is 1. The zero-order valence-electron chi connectivity index (χ0n) is 11.1. The SMILES string of the molecule is CNC(=O)c1ccc([N+](=O)[O-])c(Oc2cccc(O)c2)c1. The van der Waals surface area contributed by atoms with Crippen molar-refractivity contribution < 1.29 is 19.6 Å². The standard InChI is InChI=1S/C14H12N2O5/c1-15-14(18)9-5-6-12(16(19)20)13(7-9)21-11-4-2-3-10(17)8-11/h2-8,17H,1H3,(H,15,18). The van der Waals surface area contributed by atoms with Crippen LogP contribution in [0.15, 0.2) is 42.5 Å². The molecular formula is C14H12N2O5. The number of hydrogen-bond acceptors (Lipinski definition) is 5. The maximum Gasteiger partial charge on any atom is 0.311 e. The number of benzene rings is 2. The number of hydrogen-bond donors (Lipinski definition) is 2. The molecule has 0 fully saturated rings. The maximum atomic E-state index is 11.6. The first-order chi connectivity index (χ1) is 10.0. The number of phenols is 1. The van der Waals surface area contributed by atoms with Gasteiger partial charge in [0.25, 0.3) is 5.91 Å². The Labute approximate surface area is 119 Å². The van der Waals surface area contributed by atoms with Crippen molar-refractivity contribution in [2.75, 3.05) is 7.05 Å². The first kappa shape index (κ1) is 14.3. The molecule has 108 valence electrons. The molecule has 0 atom stereocenters. The van der Waals surface area contributed by atoms with Crippen molar-refractivity contribution in [3.8, 4) is 17.2 Å². The van der Waals surface area contributed by atoms with Gasteiger partial charge < -0.3 is 15.2 Å². The highest BCUT2D eigenvalue weighted by molar-refractivity contribution is 5.94. The fraction of sp³-hybridized carbons (Fsp3) is 0.0714. The Balaban J connectivity index is 2.43. The van der Waals surface area contributed by atoms with Gasteiger partial charge in [-0.25, -0.2) is 0 Å². The summed E-state index contributed by atoms with van der Waals surface area (Å²) in [4.78, 5) is 22.0. The molecule has 2 rings (SSSR count). The fourth-order valence-corrected chi connectivity index (χ4v) is 1.71. The quantitative estimate of drug-likeness (QED) is 0.664. The summed E-state index contributed by atoms with van der Waals surface area (Å²) < 4.78 is 5.41. The number of nitrogens with one attached hydrogen (secondary N) is 1. The molecule has 0 heterocycles. The highest BCUT2D eigenvalue weighted by Gasteiger charge is 2.18. The highest BCUT2D eigenvalue weighted by atomic mass is 16.6. The van der Waals surface area contributed by atoms with E-state index in [1.807, 2.05) is 0 Å². The highest BCUT2D eigenvalue weighted by Crippen LogP contribution is 2.33. The van der Waals surface area contributed by atoms with Gasteiger partial charge in [-0.1, -0.05) is 6.07 Å². The number of amides is 1.